The molecule has 3 rings (SSSR count). The normalized spacial score (nSPS) is 17.4. The highest BCUT2D eigenvalue weighted by atomic mass is 35.5. The number of nitrogens with zero attached hydrogens (tertiary/aromatic N) is 2. The first-order valence-corrected chi connectivity index (χ1v) is 9.58. The van der Waals surface area contributed by atoms with E-state index < -0.39 is 0 Å². The van der Waals surface area contributed by atoms with E-state index in [-0.39, 0.29) is 18.5 Å². The number of aromatic nitrogens is 2. The Hall–Kier alpha value is -1.34. The Bertz CT molecular complexity index is 720. The standard InChI is InChI=1S/C18H22Cl2FN3O2/c19-12-22-9-15-8-18(24(23-15)10-16-3-1-2-6-25-16)26-11-13-7-14(20)4-5-17(13)21/h4-5,7-8,16,22H,1-3,6,9-12H2. The minimum absolute atomic E-state index is 0.0754. The minimum atomic E-state index is -0.347. The van der Waals surface area contributed by atoms with Gasteiger partial charge in [-0.15, -0.1) is 11.6 Å². The third-order valence-electron chi connectivity index (χ3n) is 4.23. The van der Waals surface area contributed by atoms with Crippen molar-refractivity contribution in [1.29, 1.82) is 0 Å². The summed E-state index contributed by atoms with van der Waals surface area (Å²) in [6.45, 7) is 1.99. The van der Waals surface area contributed by atoms with Gasteiger partial charge in [0, 0.05) is 29.8 Å². The lowest BCUT2D eigenvalue weighted by Crippen LogP contribution is -2.25. The van der Waals surface area contributed by atoms with Crippen molar-refractivity contribution in [1.82, 2.24) is 15.1 Å². The van der Waals surface area contributed by atoms with E-state index in [4.69, 9.17) is 32.7 Å². The highest BCUT2D eigenvalue weighted by Gasteiger charge is 2.18. The molecule has 2 heterocycles. The zero-order valence-electron chi connectivity index (χ0n) is 14.4. The Morgan fingerprint density at radius 1 is 1.35 bits per heavy atom. The molecule has 142 valence electrons. The quantitative estimate of drug-likeness (QED) is 0.533. The summed E-state index contributed by atoms with van der Waals surface area (Å²) < 4.78 is 27.3. The number of rotatable bonds is 8. The van der Waals surface area contributed by atoms with E-state index in [9.17, 15) is 4.39 Å². The van der Waals surface area contributed by atoms with Crippen molar-refractivity contribution in [2.75, 3.05) is 12.6 Å². The van der Waals surface area contributed by atoms with Crippen LogP contribution in [0.5, 0.6) is 5.88 Å². The van der Waals surface area contributed by atoms with Gasteiger partial charge in [0.2, 0.25) is 5.88 Å². The van der Waals surface area contributed by atoms with E-state index in [0.29, 0.717) is 35.6 Å². The number of benzene rings is 1. The predicted octanol–water partition coefficient (Wildman–Crippen LogP) is 4.11. The monoisotopic (exact) mass is 401 g/mol. The van der Waals surface area contributed by atoms with E-state index in [2.05, 4.69) is 10.4 Å². The third-order valence-corrected chi connectivity index (χ3v) is 4.65. The number of nitrogens with one attached hydrogen (secondary N) is 1. The van der Waals surface area contributed by atoms with Crippen LogP contribution in [0.25, 0.3) is 0 Å². The van der Waals surface area contributed by atoms with Crippen molar-refractivity contribution in [3.63, 3.8) is 0 Å². The lowest BCUT2D eigenvalue weighted by molar-refractivity contribution is 0.00229. The first kappa shape index (κ1) is 19.4. The van der Waals surface area contributed by atoms with Gasteiger partial charge in [-0.1, -0.05) is 11.6 Å². The van der Waals surface area contributed by atoms with Gasteiger partial charge >= 0.3 is 0 Å². The second-order valence-electron chi connectivity index (χ2n) is 6.23. The van der Waals surface area contributed by atoms with Crippen molar-refractivity contribution in [2.45, 2.75) is 45.1 Å². The molecule has 1 aliphatic rings. The molecule has 0 amide bonds. The molecule has 0 saturated carbocycles. The fraction of sp³-hybridized carbons (Fsp3) is 0.500. The number of alkyl halides is 1. The number of hydrogen-bond acceptors (Lipinski definition) is 4. The van der Waals surface area contributed by atoms with Crippen LogP contribution in [0, 0.1) is 5.82 Å². The first-order chi connectivity index (χ1) is 12.7. The molecular weight excluding hydrogens is 380 g/mol. The zero-order valence-corrected chi connectivity index (χ0v) is 15.9. The average molecular weight is 402 g/mol. The van der Waals surface area contributed by atoms with Crippen LogP contribution < -0.4 is 10.1 Å². The molecule has 26 heavy (non-hydrogen) atoms. The molecule has 0 radical (unpaired) electrons. The molecule has 1 saturated heterocycles. The summed E-state index contributed by atoms with van der Waals surface area (Å²) in [7, 11) is 0. The fourth-order valence-electron chi connectivity index (χ4n) is 2.91. The van der Waals surface area contributed by atoms with Gasteiger partial charge in [-0.05, 0) is 37.5 Å². The largest absolute Gasteiger partial charge is 0.473 e. The van der Waals surface area contributed by atoms with Crippen LogP contribution in [0.4, 0.5) is 4.39 Å². The summed E-state index contributed by atoms with van der Waals surface area (Å²) in [5.41, 5.74) is 1.21. The van der Waals surface area contributed by atoms with Crippen LogP contribution in [0.1, 0.15) is 30.5 Å². The van der Waals surface area contributed by atoms with Crippen molar-refractivity contribution in [3.8, 4) is 5.88 Å². The molecule has 1 N–H and O–H groups in total. The second-order valence-corrected chi connectivity index (χ2v) is 6.93. The lowest BCUT2D eigenvalue weighted by atomic mass is 10.1. The molecule has 8 heteroatoms. The summed E-state index contributed by atoms with van der Waals surface area (Å²) in [4.78, 5) is 0. The van der Waals surface area contributed by atoms with Crippen molar-refractivity contribution in [3.05, 3.63) is 46.4 Å². The van der Waals surface area contributed by atoms with Crippen LogP contribution in [0.15, 0.2) is 24.3 Å². The van der Waals surface area contributed by atoms with E-state index in [0.717, 1.165) is 31.6 Å². The van der Waals surface area contributed by atoms with Gasteiger partial charge in [-0.25, -0.2) is 9.07 Å². The molecule has 1 aromatic heterocycles. The molecular formula is C18H22Cl2FN3O2. The topological polar surface area (TPSA) is 48.3 Å². The Balaban J connectivity index is 1.72. The van der Waals surface area contributed by atoms with Crippen LogP contribution in [0.3, 0.4) is 0 Å². The molecule has 1 aliphatic heterocycles. The van der Waals surface area contributed by atoms with E-state index >= 15 is 0 Å². The third kappa shape index (κ3) is 5.33. The maximum absolute atomic E-state index is 13.9. The van der Waals surface area contributed by atoms with Crippen LogP contribution in [-0.2, 0) is 24.4 Å². The summed E-state index contributed by atoms with van der Waals surface area (Å²) in [6, 6.07) is 6.59. The number of ether oxygens (including phenoxy) is 2. The van der Waals surface area contributed by atoms with Crippen LogP contribution in [0.2, 0.25) is 5.02 Å². The molecule has 5 nitrogen and oxygen atoms in total. The summed E-state index contributed by atoms with van der Waals surface area (Å²) in [5, 5.41) is 8.06. The van der Waals surface area contributed by atoms with Gasteiger partial charge in [0.15, 0.2) is 0 Å². The average Bonchev–Trinajstić information content (AvgIpc) is 3.03. The Morgan fingerprint density at radius 2 is 2.23 bits per heavy atom. The Morgan fingerprint density at radius 3 is 3.00 bits per heavy atom. The van der Waals surface area contributed by atoms with E-state index in [1.807, 2.05) is 6.07 Å². The van der Waals surface area contributed by atoms with Crippen LogP contribution >= 0.6 is 23.2 Å². The minimum Gasteiger partial charge on any atom is -0.473 e. The predicted molar refractivity (Wildman–Crippen MR) is 99.1 cm³/mol. The van der Waals surface area contributed by atoms with Crippen molar-refractivity contribution < 1.29 is 13.9 Å². The molecule has 1 unspecified atom stereocenters. The number of hydrogen-bond donors (Lipinski definition) is 1. The summed E-state index contributed by atoms with van der Waals surface area (Å²) in [6.07, 6.45) is 3.36. The summed E-state index contributed by atoms with van der Waals surface area (Å²) >= 11 is 11.6. The van der Waals surface area contributed by atoms with Gasteiger partial charge in [0.05, 0.1) is 24.3 Å². The van der Waals surface area contributed by atoms with Gasteiger partial charge < -0.3 is 9.47 Å². The molecule has 1 atom stereocenters. The van der Waals surface area contributed by atoms with Gasteiger partial charge in [0.25, 0.3) is 0 Å². The Kier molecular flexibility index (Phi) is 7.14. The van der Waals surface area contributed by atoms with Gasteiger partial charge in [0.1, 0.15) is 12.4 Å². The van der Waals surface area contributed by atoms with Crippen LogP contribution in [-0.4, -0.2) is 28.5 Å². The lowest BCUT2D eigenvalue weighted by Gasteiger charge is -2.23. The molecule has 1 aromatic carbocycles. The zero-order chi connectivity index (χ0) is 18.4. The van der Waals surface area contributed by atoms with E-state index in [1.54, 1.807) is 10.7 Å². The Labute approximate surface area is 162 Å². The maximum Gasteiger partial charge on any atom is 0.212 e. The van der Waals surface area contributed by atoms with Gasteiger partial charge in [-0.2, -0.15) is 5.10 Å². The molecule has 2 aromatic rings. The SMILES string of the molecule is Fc1ccc(Cl)cc1COc1cc(CNCCl)nn1CC1CCCCO1. The summed E-state index contributed by atoms with van der Waals surface area (Å²) in [5.74, 6) is 0.227. The highest BCUT2D eigenvalue weighted by Crippen LogP contribution is 2.22. The van der Waals surface area contributed by atoms with Crippen molar-refractivity contribution >= 4 is 23.2 Å². The maximum atomic E-state index is 13.9. The van der Waals surface area contributed by atoms with Gasteiger partial charge in [-0.3, -0.25) is 5.32 Å². The second kappa shape index (κ2) is 9.55. The first-order valence-electron chi connectivity index (χ1n) is 8.67. The molecule has 0 aliphatic carbocycles. The molecule has 0 spiro atoms. The highest BCUT2D eigenvalue weighted by molar-refractivity contribution is 6.30. The number of halogens is 3. The molecule has 0 bridgehead atoms. The smallest absolute Gasteiger partial charge is 0.212 e. The van der Waals surface area contributed by atoms with E-state index in [1.165, 1.54) is 12.1 Å². The molecule has 1 fully saturated rings. The fourth-order valence-corrected chi connectivity index (χ4v) is 3.20. The van der Waals surface area contributed by atoms with Crippen molar-refractivity contribution in [2.24, 2.45) is 0 Å².